The Morgan fingerprint density at radius 3 is 2.62 bits per heavy atom. The lowest BCUT2D eigenvalue weighted by molar-refractivity contribution is -0.137. The number of carbonyl (C=O) groups excluding carboxylic acids is 1. The first-order chi connectivity index (χ1) is 11.1. The zero-order valence-electron chi connectivity index (χ0n) is 13.9. The quantitative estimate of drug-likeness (QED) is 0.643. The molecule has 0 aromatic heterocycles. The second-order valence-corrected chi connectivity index (χ2v) is 7.11. The molecule has 1 amide bonds. The van der Waals surface area contributed by atoms with Gasteiger partial charge in [-0.1, -0.05) is 6.07 Å². The SMILES string of the molecule is CC(C)(C)OC(=O)N[C@@H](CCC(=O)O)CNc1cccc(Br)c1F. The summed E-state index contributed by atoms with van der Waals surface area (Å²) in [6, 6.07) is 4.28. The topological polar surface area (TPSA) is 87.7 Å². The Bertz CT molecular complexity index is 590. The van der Waals surface area contributed by atoms with E-state index < -0.39 is 29.5 Å². The summed E-state index contributed by atoms with van der Waals surface area (Å²) in [6.07, 6.45) is -0.574. The smallest absolute Gasteiger partial charge is 0.407 e. The predicted octanol–water partition coefficient (Wildman–Crippen LogP) is 3.76. The van der Waals surface area contributed by atoms with Crippen LogP contribution in [0.15, 0.2) is 22.7 Å². The molecule has 0 heterocycles. The van der Waals surface area contributed by atoms with Crippen LogP contribution >= 0.6 is 15.9 Å². The molecule has 0 saturated carbocycles. The molecule has 8 heteroatoms. The van der Waals surface area contributed by atoms with Crippen molar-refractivity contribution >= 4 is 33.7 Å². The highest BCUT2D eigenvalue weighted by molar-refractivity contribution is 9.10. The fraction of sp³-hybridized carbons (Fsp3) is 0.500. The summed E-state index contributed by atoms with van der Waals surface area (Å²) in [5.74, 6) is -1.42. The van der Waals surface area contributed by atoms with Crippen LogP contribution in [-0.2, 0) is 9.53 Å². The number of aliphatic carboxylic acids is 1. The van der Waals surface area contributed by atoms with Crippen molar-refractivity contribution in [3.63, 3.8) is 0 Å². The number of alkyl carbamates (subject to hydrolysis) is 1. The Labute approximate surface area is 148 Å². The Balaban J connectivity index is 2.69. The van der Waals surface area contributed by atoms with E-state index in [1.807, 2.05) is 0 Å². The molecule has 0 aliphatic carbocycles. The monoisotopic (exact) mass is 404 g/mol. The Kier molecular flexibility index (Phi) is 7.47. The van der Waals surface area contributed by atoms with Crippen molar-refractivity contribution in [1.82, 2.24) is 5.32 Å². The van der Waals surface area contributed by atoms with Crippen molar-refractivity contribution in [2.24, 2.45) is 0 Å². The van der Waals surface area contributed by atoms with Gasteiger partial charge in [0.05, 0.1) is 10.2 Å². The highest BCUT2D eigenvalue weighted by Crippen LogP contribution is 2.22. The number of anilines is 1. The van der Waals surface area contributed by atoms with Gasteiger partial charge in [0.25, 0.3) is 0 Å². The van der Waals surface area contributed by atoms with E-state index in [4.69, 9.17) is 9.84 Å². The van der Waals surface area contributed by atoms with Gasteiger partial charge in [-0.15, -0.1) is 0 Å². The highest BCUT2D eigenvalue weighted by Gasteiger charge is 2.20. The summed E-state index contributed by atoms with van der Waals surface area (Å²) in [5.41, 5.74) is -0.402. The molecule has 0 spiro atoms. The third kappa shape index (κ3) is 7.63. The van der Waals surface area contributed by atoms with Crippen molar-refractivity contribution in [2.75, 3.05) is 11.9 Å². The average molecular weight is 405 g/mol. The molecule has 134 valence electrons. The summed E-state index contributed by atoms with van der Waals surface area (Å²) in [7, 11) is 0. The first-order valence-corrected chi connectivity index (χ1v) is 8.27. The molecule has 0 aliphatic heterocycles. The maximum Gasteiger partial charge on any atom is 0.407 e. The normalized spacial score (nSPS) is 12.4. The van der Waals surface area contributed by atoms with E-state index in [0.717, 1.165) is 0 Å². The van der Waals surface area contributed by atoms with Crippen LogP contribution in [0.1, 0.15) is 33.6 Å². The number of rotatable bonds is 7. The van der Waals surface area contributed by atoms with E-state index in [2.05, 4.69) is 26.6 Å². The Morgan fingerprint density at radius 1 is 1.38 bits per heavy atom. The van der Waals surface area contributed by atoms with Gasteiger partial charge in [-0.2, -0.15) is 0 Å². The number of hydrogen-bond donors (Lipinski definition) is 3. The Hall–Kier alpha value is -1.83. The first-order valence-electron chi connectivity index (χ1n) is 7.47. The van der Waals surface area contributed by atoms with Gasteiger partial charge in [-0.25, -0.2) is 9.18 Å². The summed E-state index contributed by atoms with van der Waals surface area (Å²) in [6.45, 7) is 5.36. The molecule has 1 rings (SSSR count). The second kappa shape index (κ2) is 8.86. The number of carbonyl (C=O) groups is 2. The summed E-state index contributed by atoms with van der Waals surface area (Å²) in [5, 5.41) is 14.3. The van der Waals surface area contributed by atoms with Gasteiger partial charge in [0.2, 0.25) is 0 Å². The van der Waals surface area contributed by atoms with Gasteiger partial charge < -0.3 is 20.5 Å². The van der Waals surface area contributed by atoms with Crippen molar-refractivity contribution in [1.29, 1.82) is 0 Å². The van der Waals surface area contributed by atoms with Crippen LogP contribution in [0.3, 0.4) is 0 Å². The zero-order valence-corrected chi connectivity index (χ0v) is 15.4. The van der Waals surface area contributed by atoms with E-state index in [1.54, 1.807) is 39.0 Å². The standard InChI is InChI=1S/C16H22BrFN2O4/c1-16(2,3)24-15(23)20-10(7-8-13(21)22)9-19-12-6-4-5-11(17)14(12)18/h4-6,10,19H,7-9H2,1-3H3,(H,20,23)(H,21,22)/t10-/m0/s1. The molecule has 0 fully saturated rings. The molecule has 24 heavy (non-hydrogen) atoms. The average Bonchev–Trinajstić information content (AvgIpc) is 2.43. The number of hydrogen-bond acceptors (Lipinski definition) is 4. The molecule has 3 N–H and O–H groups in total. The molecule has 0 aliphatic rings. The first kappa shape index (κ1) is 20.2. The second-order valence-electron chi connectivity index (χ2n) is 6.26. The van der Waals surface area contributed by atoms with Crippen LogP contribution in [0.2, 0.25) is 0 Å². The van der Waals surface area contributed by atoms with Gasteiger partial charge in [0.15, 0.2) is 5.82 Å². The molecule has 1 aromatic carbocycles. The molecular formula is C16H22BrFN2O4. The van der Waals surface area contributed by atoms with E-state index >= 15 is 0 Å². The minimum absolute atomic E-state index is 0.122. The number of ether oxygens (including phenoxy) is 1. The van der Waals surface area contributed by atoms with Crippen LogP contribution in [-0.4, -0.2) is 35.4 Å². The molecule has 0 bridgehead atoms. The lowest BCUT2D eigenvalue weighted by Crippen LogP contribution is -2.42. The number of carboxylic acids is 1. The molecule has 0 saturated heterocycles. The number of benzene rings is 1. The van der Waals surface area contributed by atoms with E-state index in [9.17, 15) is 14.0 Å². The fourth-order valence-electron chi connectivity index (χ4n) is 1.87. The van der Waals surface area contributed by atoms with Gasteiger partial charge in [-0.05, 0) is 55.3 Å². The van der Waals surface area contributed by atoms with E-state index in [-0.39, 0.29) is 25.1 Å². The molecule has 0 radical (unpaired) electrons. The van der Waals surface area contributed by atoms with Crippen LogP contribution in [0.25, 0.3) is 0 Å². The summed E-state index contributed by atoms with van der Waals surface area (Å²) < 4.78 is 19.4. The minimum atomic E-state index is -0.973. The van der Waals surface area contributed by atoms with Gasteiger partial charge in [0, 0.05) is 19.0 Å². The van der Waals surface area contributed by atoms with Crippen molar-refractivity contribution in [2.45, 2.75) is 45.3 Å². The third-order valence-corrected chi connectivity index (χ3v) is 3.53. The predicted molar refractivity (Wildman–Crippen MR) is 92.6 cm³/mol. The molecule has 1 atom stereocenters. The lowest BCUT2D eigenvalue weighted by atomic mass is 10.1. The highest BCUT2D eigenvalue weighted by atomic mass is 79.9. The third-order valence-electron chi connectivity index (χ3n) is 2.92. The minimum Gasteiger partial charge on any atom is -0.481 e. The molecule has 6 nitrogen and oxygen atoms in total. The lowest BCUT2D eigenvalue weighted by Gasteiger charge is -2.24. The van der Waals surface area contributed by atoms with Crippen molar-refractivity contribution < 1.29 is 23.8 Å². The summed E-state index contributed by atoms with van der Waals surface area (Å²) >= 11 is 3.09. The van der Waals surface area contributed by atoms with Crippen LogP contribution < -0.4 is 10.6 Å². The maximum absolute atomic E-state index is 13.9. The van der Waals surface area contributed by atoms with Gasteiger partial charge >= 0.3 is 12.1 Å². The van der Waals surface area contributed by atoms with E-state index in [0.29, 0.717) is 4.47 Å². The molecular weight excluding hydrogens is 383 g/mol. The number of halogens is 2. The summed E-state index contributed by atoms with van der Waals surface area (Å²) in [4.78, 5) is 22.6. The molecule has 0 unspecified atom stereocenters. The van der Waals surface area contributed by atoms with Crippen LogP contribution in [0.5, 0.6) is 0 Å². The Morgan fingerprint density at radius 2 is 2.04 bits per heavy atom. The largest absolute Gasteiger partial charge is 0.481 e. The van der Waals surface area contributed by atoms with Crippen molar-refractivity contribution in [3.05, 3.63) is 28.5 Å². The van der Waals surface area contributed by atoms with Crippen molar-refractivity contribution in [3.8, 4) is 0 Å². The van der Waals surface area contributed by atoms with Crippen LogP contribution in [0.4, 0.5) is 14.9 Å². The van der Waals surface area contributed by atoms with E-state index in [1.165, 1.54) is 0 Å². The number of nitrogens with one attached hydrogen (secondary N) is 2. The van der Waals surface area contributed by atoms with Gasteiger partial charge in [-0.3, -0.25) is 4.79 Å². The van der Waals surface area contributed by atoms with Gasteiger partial charge in [0.1, 0.15) is 5.60 Å². The maximum atomic E-state index is 13.9. The fourth-order valence-corrected chi connectivity index (χ4v) is 2.24. The number of carboxylic acid groups (broad SMARTS) is 1. The molecule has 1 aromatic rings. The zero-order chi connectivity index (χ0) is 18.3. The van der Waals surface area contributed by atoms with Crippen LogP contribution in [0, 0.1) is 5.82 Å². The number of amides is 1.